The van der Waals surface area contributed by atoms with Gasteiger partial charge in [-0.15, -0.1) is 0 Å². The molecule has 5 rings (SSSR count). The first kappa shape index (κ1) is 29.0. The van der Waals surface area contributed by atoms with Crippen molar-refractivity contribution in [3.05, 3.63) is 67.2 Å². The fourth-order valence-electron chi connectivity index (χ4n) is 4.40. The molecule has 2 N–H and O–H groups in total. The Morgan fingerprint density at radius 3 is 2.41 bits per heavy atom. The quantitative estimate of drug-likeness (QED) is 0.163. The summed E-state index contributed by atoms with van der Waals surface area (Å²) >= 11 is 6.66. The molecule has 0 saturated heterocycles. The van der Waals surface area contributed by atoms with Gasteiger partial charge in [-0.05, 0) is 62.8 Å². The summed E-state index contributed by atoms with van der Waals surface area (Å²) in [6, 6.07) is 7.35. The second-order valence-corrected chi connectivity index (χ2v) is 10.8. The van der Waals surface area contributed by atoms with E-state index < -0.39 is 5.92 Å². The zero-order valence-electron chi connectivity index (χ0n) is 20.9. The first-order chi connectivity index (χ1) is 17.8. The van der Waals surface area contributed by atoms with Gasteiger partial charge >= 0.3 is 5.97 Å². The molecule has 1 unspecified atom stereocenters. The maximum atomic E-state index is 12.3. The van der Waals surface area contributed by atoms with Gasteiger partial charge in [0.25, 0.3) is 5.56 Å². The number of rotatable bonds is 1. The normalized spacial score (nSPS) is 17.2. The van der Waals surface area contributed by atoms with Crippen LogP contribution in [0.5, 0.6) is 0 Å². The van der Waals surface area contributed by atoms with E-state index in [1.165, 1.54) is 13.5 Å². The van der Waals surface area contributed by atoms with E-state index in [1.54, 1.807) is 22.9 Å². The van der Waals surface area contributed by atoms with Crippen LogP contribution in [0.1, 0.15) is 62.6 Å². The number of Topliss-reactive ketones (excluding diaryl/α,β-unsaturated/α-hetero) is 1. The minimum Gasteiger partial charge on any atom is -0.468 e. The largest absolute Gasteiger partial charge is 0.468 e. The molecular formula is C27H32Br2N4O4. The highest BCUT2D eigenvalue weighted by Crippen LogP contribution is 2.21. The van der Waals surface area contributed by atoms with Crippen molar-refractivity contribution in [1.29, 1.82) is 0 Å². The number of nitrogens with zero attached hydrogens (tertiary/aromatic N) is 3. The Morgan fingerprint density at radius 1 is 1.00 bits per heavy atom. The van der Waals surface area contributed by atoms with Crippen molar-refractivity contribution in [3.63, 3.8) is 0 Å². The molecule has 1 fully saturated rings. The maximum absolute atomic E-state index is 12.3. The van der Waals surface area contributed by atoms with Crippen LogP contribution in [-0.4, -0.2) is 33.2 Å². The van der Waals surface area contributed by atoms with E-state index in [1.807, 2.05) is 18.2 Å². The van der Waals surface area contributed by atoms with Crippen molar-refractivity contribution >= 4 is 55.1 Å². The van der Waals surface area contributed by atoms with E-state index in [4.69, 9.17) is 5.73 Å². The molecule has 0 aliphatic heterocycles. The molecule has 2 aliphatic rings. The van der Waals surface area contributed by atoms with Gasteiger partial charge < -0.3 is 10.5 Å². The Hall–Kier alpha value is -2.59. The molecule has 0 bridgehead atoms. The Labute approximate surface area is 233 Å². The van der Waals surface area contributed by atoms with Gasteiger partial charge in [0.1, 0.15) is 23.2 Å². The van der Waals surface area contributed by atoms with Crippen molar-refractivity contribution in [2.75, 3.05) is 12.8 Å². The van der Waals surface area contributed by atoms with E-state index in [0.717, 1.165) is 70.8 Å². The second-order valence-electron chi connectivity index (χ2n) is 9.02. The number of esters is 1. The number of anilines is 1. The Bertz CT molecular complexity index is 1280. The lowest BCUT2D eigenvalue weighted by molar-refractivity contribution is -0.149. The first-order valence-corrected chi connectivity index (χ1v) is 14.1. The fraction of sp³-hybridized carbons (Fsp3) is 0.444. The monoisotopic (exact) mass is 634 g/mol. The standard InChI is InChI=1S/C13H13BrN2O.C9H14O3.C5H5BrN2/c14-9-6-7-16-12(8-9)15-11-5-3-1-2-4-10(11)13(16)17;1-12-9(11)7-5-3-2-4-6-8(7)10;6-4-1-2-8-5(7)3-4/h6-8H,1-5H2;7H,2-6H2,1H3;1-3H,(H2,7,8). The lowest BCUT2D eigenvalue weighted by Gasteiger charge is -2.08. The highest BCUT2D eigenvalue weighted by molar-refractivity contribution is 9.10. The van der Waals surface area contributed by atoms with Crippen LogP contribution in [0.25, 0.3) is 5.65 Å². The van der Waals surface area contributed by atoms with Crippen LogP contribution < -0.4 is 11.3 Å². The molecule has 3 aromatic rings. The molecule has 1 saturated carbocycles. The van der Waals surface area contributed by atoms with Gasteiger partial charge in [-0.1, -0.05) is 51.1 Å². The summed E-state index contributed by atoms with van der Waals surface area (Å²) in [7, 11) is 1.33. The van der Waals surface area contributed by atoms with Crippen LogP contribution in [0.4, 0.5) is 5.82 Å². The summed E-state index contributed by atoms with van der Waals surface area (Å²) in [5.41, 5.74) is 8.09. The van der Waals surface area contributed by atoms with E-state index in [9.17, 15) is 14.4 Å². The van der Waals surface area contributed by atoms with Crippen LogP contribution in [0.3, 0.4) is 0 Å². The SMILES string of the molecule is COC(=O)C1CCCCCC1=O.Nc1cc(Br)ccn1.O=c1c2c(nc3cc(Br)ccn13)CCCCC2. The first-order valence-electron chi connectivity index (χ1n) is 12.5. The van der Waals surface area contributed by atoms with Crippen LogP contribution >= 0.6 is 31.9 Å². The number of nitrogens with two attached hydrogens (primary N) is 1. The number of carbonyl (C=O) groups is 2. The summed E-state index contributed by atoms with van der Waals surface area (Å²) < 4.78 is 8.12. The van der Waals surface area contributed by atoms with E-state index in [-0.39, 0.29) is 17.3 Å². The van der Waals surface area contributed by atoms with Crippen LogP contribution in [0.15, 0.2) is 50.4 Å². The zero-order chi connectivity index (χ0) is 26.8. The van der Waals surface area contributed by atoms with Gasteiger partial charge in [-0.3, -0.25) is 18.8 Å². The van der Waals surface area contributed by atoms with Crippen molar-refractivity contribution in [1.82, 2.24) is 14.4 Å². The number of hydrogen-bond donors (Lipinski definition) is 1. The summed E-state index contributed by atoms with van der Waals surface area (Å²) in [5, 5.41) is 0. The summed E-state index contributed by atoms with van der Waals surface area (Å²) in [5.74, 6) is -0.238. The van der Waals surface area contributed by atoms with Crippen molar-refractivity contribution in [3.8, 4) is 0 Å². The number of ketones is 1. The number of fused-ring (bicyclic) bond motifs is 2. The number of carbonyl (C=O) groups excluding carboxylic acids is 2. The molecule has 2 aliphatic carbocycles. The number of nitrogen functional groups attached to an aromatic ring is 1. The molecule has 3 heterocycles. The summed E-state index contributed by atoms with van der Waals surface area (Å²) in [6.45, 7) is 0. The van der Waals surface area contributed by atoms with Crippen molar-refractivity contribution in [2.45, 2.75) is 64.2 Å². The van der Waals surface area contributed by atoms with Crippen LogP contribution in [0.2, 0.25) is 0 Å². The third-order valence-electron chi connectivity index (χ3n) is 6.35. The minimum atomic E-state index is -0.475. The van der Waals surface area contributed by atoms with Gasteiger partial charge in [-0.25, -0.2) is 9.97 Å². The van der Waals surface area contributed by atoms with Crippen LogP contribution in [0, 0.1) is 5.92 Å². The molecule has 198 valence electrons. The van der Waals surface area contributed by atoms with Gasteiger partial charge in [-0.2, -0.15) is 0 Å². The average molecular weight is 636 g/mol. The zero-order valence-corrected chi connectivity index (χ0v) is 24.1. The number of ether oxygens (including phenoxy) is 1. The number of methoxy groups -OCH3 is 1. The third kappa shape index (κ3) is 8.46. The predicted molar refractivity (Wildman–Crippen MR) is 150 cm³/mol. The molecule has 0 amide bonds. The maximum Gasteiger partial charge on any atom is 0.316 e. The predicted octanol–water partition coefficient (Wildman–Crippen LogP) is 5.46. The molecule has 0 radical (unpaired) electrons. The lowest BCUT2D eigenvalue weighted by atomic mass is 9.99. The number of aryl methyl sites for hydroxylation is 1. The van der Waals surface area contributed by atoms with Gasteiger partial charge in [0.15, 0.2) is 0 Å². The van der Waals surface area contributed by atoms with Gasteiger partial charge in [0.2, 0.25) is 0 Å². The minimum absolute atomic E-state index is 0.0550. The molecule has 0 aromatic carbocycles. The van der Waals surface area contributed by atoms with Gasteiger partial charge in [0, 0.05) is 33.3 Å². The highest BCUT2D eigenvalue weighted by atomic mass is 79.9. The molecule has 1 atom stereocenters. The number of aromatic nitrogens is 3. The molecule has 8 nitrogen and oxygen atoms in total. The van der Waals surface area contributed by atoms with Gasteiger partial charge in [0.05, 0.1) is 12.8 Å². The van der Waals surface area contributed by atoms with Crippen LogP contribution in [-0.2, 0) is 27.2 Å². The van der Waals surface area contributed by atoms with E-state index in [0.29, 0.717) is 18.7 Å². The Balaban J connectivity index is 0.000000166. The fourth-order valence-corrected chi connectivity index (χ4v) is 5.07. The molecule has 10 heteroatoms. The summed E-state index contributed by atoms with van der Waals surface area (Å²) in [6.07, 6.45) is 12.9. The third-order valence-corrected chi connectivity index (χ3v) is 7.33. The Morgan fingerprint density at radius 2 is 1.70 bits per heavy atom. The van der Waals surface area contributed by atoms with E-state index >= 15 is 0 Å². The molecular weight excluding hydrogens is 604 g/mol. The number of halogens is 2. The molecule has 0 spiro atoms. The average Bonchev–Trinajstić information content (AvgIpc) is 3.24. The highest BCUT2D eigenvalue weighted by Gasteiger charge is 2.28. The topological polar surface area (TPSA) is 117 Å². The van der Waals surface area contributed by atoms with Crippen molar-refractivity contribution in [2.24, 2.45) is 5.92 Å². The smallest absolute Gasteiger partial charge is 0.316 e. The number of hydrogen-bond acceptors (Lipinski definition) is 7. The number of pyridine rings is 2. The molecule has 3 aromatic heterocycles. The molecule has 37 heavy (non-hydrogen) atoms. The van der Waals surface area contributed by atoms with E-state index in [2.05, 4.69) is 46.6 Å². The van der Waals surface area contributed by atoms with Crippen molar-refractivity contribution < 1.29 is 14.3 Å². The summed E-state index contributed by atoms with van der Waals surface area (Å²) in [4.78, 5) is 43.2. The Kier molecular flexibility index (Phi) is 11.3. The lowest BCUT2D eigenvalue weighted by Crippen LogP contribution is -2.23. The second kappa shape index (κ2) is 14.4.